The molecule has 9 heteroatoms. The monoisotopic (exact) mass is 494 g/mol. The van der Waals surface area contributed by atoms with Crippen LogP contribution in [0.3, 0.4) is 0 Å². The number of aromatic nitrogens is 3. The Morgan fingerprint density at radius 3 is 2.74 bits per heavy atom. The molecule has 1 amide bonds. The highest BCUT2D eigenvalue weighted by atomic mass is 35.5. The summed E-state index contributed by atoms with van der Waals surface area (Å²) in [5.41, 5.74) is 3.25. The average Bonchev–Trinajstić information content (AvgIpc) is 3.53. The predicted octanol–water partition coefficient (Wildman–Crippen LogP) is 4.25. The van der Waals surface area contributed by atoms with E-state index in [0.29, 0.717) is 11.5 Å². The number of fused-ring (bicyclic) bond motifs is 1. The lowest BCUT2D eigenvalue weighted by atomic mass is 9.44. The van der Waals surface area contributed by atoms with E-state index < -0.39 is 18.0 Å². The number of nitrogens with zero attached hydrogens (tertiary/aromatic N) is 3. The van der Waals surface area contributed by atoms with Crippen LogP contribution in [0.4, 0.5) is 4.39 Å². The summed E-state index contributed by atoms with van der Waals surface area (Å²) in [6.45, 7) is 0. The van der Waals surface area contributed by atoms with E-state index in [1.807, 2.05) is 23.3 Å². The number of aliphatic hydroxyl groups is 1. The van der Waals surface area contributed by atoms with E-state index in [4.69, 9.17) is 16.3 Å². The van der Waals surface area contributed by atoms with Gasteiger partial charge in [-0.05, 0) is 55.7 Å². The molecule has 4 fully saturated rings. The van der Waals surface area contributed by atoms with Gasteiger partial charge in [-0.25, -0.2) is 4.39 Å². The van der Waals surface area contributed by atoms with Crippen LogP contribution in [0, 0.1) is 5.82 Å². The first kappa shape index (κ1) is 21.3. The largest absolute Gasteiger partial charge is 0.480 e. The van der Waals surface area contributed by atoms with Gasteiger partial charge in [0.25, 0.3) is 5.91 Å². The van der Waals surface area contributed by atoms with E-state index in [1.54, 1.807) is 0 Å². The molecule has 5 aliphatic rings. The fourth-order valence-electron chi connectivity index (χ4n) is 6.00. The van der Waals surface area contributed by atoms with Crippen LogP contribution in [0.2, 0.25) is 5.02 Å². The van der Waals surface area contributed by atoms with Gasteiger partial charge in [-0.1, -0.05) is 17.7 Å². The van der Waals surface area contributed by atoms with E-state index in [1.165, 1.54) is 24.5 Å². The third-order valence-corrected chi connectivity index (χ3v) is 8.29. The van der Waals surface area contributed by atoms with Gasteiger partial charge in [-0.2, -0.15) is 5.10 Å². The number of carbonyl (C=O) groups excluding carboxylic acids is 1. The van der Waals surface area contributed by atoms with E-state index in [2.05, 4.69) is 27.5 Å². The van der Waals surface area contributed by atoms with Crippen LogP contribution in [0.5, 0.6) is 5.75 Å². The Morgan fingerprint density at radius 2 is 2.03 bits per heavy atom. The third-order valence-electron chi connectivity index (χ3n) is 8.00. The second kappa shape index (κ2) is 7.27. The van der Waals surface area contributed by atoms with Crippen molar-refractivity contribution in [3.8, 4) is 17.0 Å². The molecule has 180 valence electrons. The van der Waals surface area contributed by atoms with Crippen molar-refractivity contribution in [2.24, 2.45) is 0 Å². The summed E-state index contributed by atoms with van der Waals surface area (Å²) in [6, 6.07) is 6.70. The van der Waals surface area contributed by atoms with Crippen molar-refractivity contribution in [1.29, 1.82) is 0 Å². The Hall–Kier alpha value is -2.97. The Bertz CT molecular complexity index is 1330. The molecule has 0 spiro atoms. The van der Waals surface area contributed by atoms with Crippen LogP contribution in [-0.2, 0) is 10.3 Å². The minimum absolute atomic E-state index is 0.0821. The van der Waals surface area contributed by atoms with E-state index in [-0.39, 0.29) is 34.2 Å². The number of amides is 1. The standard InChI is InChI=1S/C26H24ClFN4O3/c27-18-5-17-21(33)7-23(35-22(17)6-19(18)28)24(34)31-25-11-26(12-25,13-25)32-10-16(9-30-32)20-4-3-15(8-29-20)14-1-2-14/h3-6,8-10,14,21,23,33H,1-2,7,11-13H2,(H,31,34)/t21-,23-,25?,26?/m1/s1. The highest BCUT2D eigenvalue weighted by molar-refractivity contribution is 6.30. The lowest BCUT2D eigenvalue weighted by Crippen LogP contribution is -2.79. The number of hydrogen-bond donors (Lipinski definition) is 2. The molecule has 2 bridgehead atoms. The number of carbonyl (C=O) groups is 1. The van der Waals surface area contributed by atoms with Crippen molar-refractivity contribution in [2.45, 2.75) is 67.7 Å². The van der Waals surface area contributed by atoms with Crippen LogP contribution < -0.4 is 10.1 Å². The quantitative estimate of drug-likeness (QED) is 0.553. The maximum atomic E-state index is 13.9. The second-order valence-corrected chi connectivity index (χ2v) is 11.0. The molecule has 0 unspecified atom stereocenters. The zero-order valence-electron chi connectivity index (χ0n) is 18.9. The molecule has 0 saturated heterocycles. The summed E-state index contributed by atoms with van der Waals surface area (Å²) >= 11 is 5.82. The van der Waals surface area contributed by atoms with Crippen LogP contribution in [0.15, 0.2) is 42.9 Å². The Labute approximate surface area is 206 Å². The number of halogens is 2. The predicted molar refractivity (Wildman–Crippen MR) is 126 cm³/mol. The number of nitrogens with one attached hydrogen (secondary N) is 1. The summed E-state index contributed by atoms with van der Waals surface area (Å²) in [4.78, 5) is 17.6. The van der Waals surface area contributed by atoms with Crippen molar-refractivity contribution in [3.63, 3.8) is 0 Å². The van der Waals surface area contributed by atoms with Gasteiger partial charge in [0.05, 0.1) is 28.6 Å². The molecule has 1 aromatic carbocycles. The minimum atomic E-state index is -0.943. The van der Waals surface area contributed by atoms with Crippen molar-refractivity contribution < 1.29 is 19.0 Å². The van der Waals surface area contributed by atoms with Crippen molar-refractivity contribution in [1.82, 2.24) is 20.1 Å². The average molecular weight is 495 g/mol. The molecule has 3 heterocycles. The molecule has 7 nitrogen and oxygen atoms in total. The van der Waals surface area contributed by atoms with Gasteiger partial charge in [-0.3, -0.25) is 14.5 Å². The molecule has 35 heavy (non-hydrogen) atoms. The van der Waals surface area contributed by atoms with E-state index in [0.717, 1.165) is 36.6 Å². The van der Waals surface area contributed by atoms with Crippen LogP contribution >= 0.6 is 11.6 Å². The van der Waals surface area contributed by atoms with Gasteiger partial charge in [0.2, 0.25) is 0 Å². The highest BCUT2D eigenvalue weighted by Gasteiger charge is 2.70. The number of hydrogen-bond acceptors (Lipinski definition) is 5. The van der Waals surface area contributed by atoms with Crippen LogP contribution in [0.1, 0.15) is 61.7 Å². The second-order valence-electron chi connectivity index (χ2n) is 10.6. The summed E-state index contributed by atoms with van der Waals surface area (Å²) in [6.07, 6.45) is 9.02. The van der Waals surface area contributed by atoms with Gasteiger partial charge in [0, 0.05) is 41.5 Å². The topological polar surface area (TPSA) is 89.3 Å². The van der Waals surface area contributed by atoms with E-state index >= 15 is 0 Å². The molecule has 4 saturated carbocycles. The summed E-state index contributed by atoms with van der Waals surface area (Å²) in [5, 5.41) is 18.1. The van der Waals surface area contributed by atoms with Gasteiger partial charge in [0.1, 0.15) is 11.6 Å². The minimum Gasteiger partial charge on any atom is -0.480 e. The molecular weight excluding hydrogens is 471 g/mol. The van der Waals surface area contributed by atoms with Gasteiger partial charge in [-0.15, -0.1) is 0 Å². The number of ether oxygens (including phenoxy) is 1. The molecule has 2 N–H and O–H groups in total. The maximum Gasteiger partial charge on any atom is 0.261 e. The molecular formula is C26H24ClFN4O3. The van der Waals surface area contributed by atoms with Crippen LogP contribution in [-0.4, -0.2) is 37.4 Å². The van der Waals surface area contributed by atoms with Crippen LogP contribution in [0.25, 0.3) is 11.3 Å². The zero-order chi connectivity index (χ0) is 23.9. The number of rotatable bonds is 5. The van der Waals surface area contributed by atoms with Crippen molar-refractivity contribution in [2.75, 3.05) is 0 Å². The van der Waals surface area contributed by atoms with E-state index in [9.17, 15) is 14.3 Å². The molecule has 0 radical (unpaired) electrons. The van der Waals surface area contributed by atoms with Gasteiger partial charge >= 0.3 is 0 Å². The summed E-state index contributed by atoms with van der Waals surface area (Å²) < 4.78 is 21.6. The first-order valence-corrected chi connectivity index (χ1v) is 12.4. The molecule has 2 atom stereocenters. The number of pyridine rings is 1. The van der Waals surface area contributed by atoms with Crippen molar-refractivity contribution >= 4 is 17.5 Å². The molecule has 2 aromatic heterocycles. The fraction of sp³-hybridized carbons (Fsp3) is 0.423. The molecule has 1 aliphatic heterocycles. The molecule has 8 rings (SSSR count). The SMILES string of the molecule is O=C(NC12CC(n3cc(-c4ccc(C5CC5)cn4)cn3)(C1)C2)[C@H]1C[C@@H](O)c2cc(Cl)c(F)cc2O1. The zero-order valence-corrected chi connectivity index (χ0v) is 19.6. The summed E-state index contributed by atoms with van der Waals surface area (Å²) in [5.74, 6) is -0.0991. The third kappa shape index (κ3) is 3.37. The van der Waals surface area contributed by atoms with Crippen molar-refractivity contribution in [3.05, 3.63) is 64.8 Å². The lowest BCUT2D eigenvalue weighted by molar-refractivity contribution is -0.165. The highest BCUT2D eigenvalue weighted by Crippen LogP contribution is 2.65. The Balaban J connectivity index is 0.998. The summed E-state index contributed by atoms with van der Waals surface area (Å²) in [7, 11) is 0. The first-order chi connectivity index (χ1) is 16.8. The Kier molecular flexibility index (Phi) is 4.43. The Morgan fingerprint density at radius 1 is 1.23 bits per heavy atom. The van der Waals surface area contributed by atoms with Gasteiger partial charge in [0.15, 0.2) is 6.10 Å². The number of benzene rings is 1. The molecule has 4 aliphatic carbocycles. The van der Waals surface area contributed by atoms with Gasteiger partial charge < -0.3 is 15.2 Å². The number of aliphatic hydroxyl groups excluding tert-OH is 1. The first-order valence-electron chi connectivity index (χ1n) is 12.0. The molecule has 3 aromatic rings. The lowest BCUT2D eigenvalue weighted by Gasteiger charge is -2.70. The maximum absolute atomic E-state index is 13.9. The fourth-order valence-corrected chi connectivity index (χ4v) is 6.17. The normalized spacial score (nSPS) is 30.5. The smallest absolute Gasteiger partial charge is 0.261 e.